The van der Waals surface area contributed by atoms with Gasteiger partial charge in [0.1, 0.15) is 0 Å². The lowest BCUT2D eigenvalue weighted by Gasteiger charge is -2.21. The molecule has 118 valence electrons. The van der Waals surface area contributed by atoms with Gasteiger partial charge in [-0.15, -0.1) is 0 Å². The molecule has 0 bridgehead atoms. The van der Waals surface area contributed by atoms with Crippen LogP contribution in [0.1, 0.15) is 43.7 Å². The molecule has 0 aromatic heterocycles. The van der Waals surface area contributed by atoms with E-state index in [0.717, 1.165) is 19.5 Å². The lowest BCUT2D eigenvalue weighted by atomic mass is 9.85. The van der Waals surface area contributed by atoms with E-state index in [2.05, 4.69) is 55.3 Å². The zero-order valence-corrected chi connectivity index (χ0v) is 14.1. The number of carbonyl (C=O) groups excluding carboxylic acids is 1. The van der Waals surface area contributed by atoms with E-state index in [9.17, 15) is 4.79 Å². The average Bonchev–Trinajstić information content (AvgIpc) is 2.41. The number of benzene rings is 1. The number of carbonyl (C=O) groups is 1. The van der Waals surface area contributed by atoms with Crippen molar-refractivity contribution in [3.05, 3.63) is 35.4 Å². The van der Waals surface area contributed by atoms with E-state index in [-0.39, 0.29) is 5.91 Å². The molecule has 1 aromatic carbocycles. The van der Waals surface area contributed by atoms with Crippen LogP contribution in [0, 0.1) is 12.8 Å². The van der Waals surface area contributed by atoms with Gasteiger partial charge in [-0.05, 0) is 51.4 Å². The largest absolute Gasteiger partial charge is 0.356 e. The normalized spacial score (nSPS) is 12.7. The van der Waals surface area contributed by atoms with Gasteiger partial charge in [0.05, 0.1) is 0 Å². The van der Waals surface area contributed by atoms with E-state index in [0.29, 0.717) is 18.3 Å². The number of nitrogens with one attached hydrogen (secondary N) is 1. The number of hydrogen-bond donors (Lipinski definition) is 1. The Bertz CT molecular complexity index is 423. The maximum absolute atomic E-state index is 12.1. The van der Waals surface area contributed by atoms with Crippen molar-refractivity contribution in [1.82, 2.24) is 10.2 Å². The summed E-state index contributed by atoms with van der Waals surface area (Å²) in [7, 11) is 4.10. The molecule has 1 atom stereocenters. The van der Waals surface area contributed by atoms with Crippen molar-refractivity contribution in [1.29, 1.82) is 0 Å². The summed E-state index contributed by atoms with van der Waals surface area (Å²) >= 11 is 0. The summed E-state index contributed by atoms with van der Waals surface area (Å²) in [6.45, 7) is 8.22. The van der Waals surface area contributed by atoms with Gasteiger partial charge in [0.2, 0.25) is 5.91 Å². The number of aryl methyl sites for hydroxylation is 1. The van der Waals surface area contributed by atoms with Gasteiger partial charge in [0.25, 0.3) is 0 Å². The molecule has 1 N–H and O–H groups in total. The van der Waals surface area contributed by atoms with Crippen LogP contribution in [-0.2, 0) is 4.79 Å². The monoisotopic (exact) mass is 290 g/mol. The molecule has 21 heavy (non-hydrogen) atoms. The second kappa shape index (κ2) is 8.83. The standard InChI is InChI=1S/C18H30N2O/c1-14(2)17(16-9-7-15(3)8-10-16)13-18(21)19-11-6-12-20(4)5/h7-10,14,17H,6,11-13H2,1-5H3,(H,19,21). The van der Waals surface area contributed by atoms with Crippen LogP contribution in [0.3, 0.4) is 0 Å². The van der Waals surface area contributed by atoms with Crippen LogP contribution in [-0.4, -0.2) is 38.0 Å². The fourth-order valence-electron chi connectivity index (χ4n) is 2.45. The molecule has 3 nitrogen and oxygen atoms in total. The molecule has 1 rings (SSSR count). The highest BCUT2D eigenvalue weighted by atomic mass is 16.1. The lowest BCUT2D eigenvalue weighted by molar-refractivity contribution is -0.121. The fraction of sp³-hybridized carbons (Fsp3) is 0.611. The Morgan fingerprint density at radius 1 is 1.19 bits per heavy atom. The first-order chi connectivity index (χ1) is 9.90. The maximum Gasteiger partial charge on any atom is 0.220 e. The van der Waals surface area contributed by atoms with Crippen molar-refractivity contribution in [2.45, 2.75) is 39.5 Å². The fourth-order valence-corrected chi connectivity index (χ4v) is 2.45. The Kier molecular flexibility index (Phi) is 7.44. The third-order valence-corrected chi connectivity index (χ3v) is 3.82. The van der Waals surface area contributed by atoms with Crippen LogP contribution < -0.4 is 5.32 Å². The highest BCUT2D eigenvalue weighted by Crippen LogP contribution is 2.28. The number of amides is 1. The van der Waals surface area contributed by atoms with E-state index < -0.39 is 0 Å². The number of nitrogens with zero attached hydrogens (tertiary/aromatic N) is 1. The third kappa shape index (κ3) is 6.76. The first-order valence-electron chi connectivity index (χ1n) is 7.88. The van der Waals surface area contributed by atoms with Gasteiger partial charge in [-0.2, -0.15) is 0 Å². The molecular formula is C18H30N2O. The quantitative estimate of drug-likeness (QED) is 0.746. The predicted molar refractivity (Wildman–Crippen MR) is 89.6 cm³/mol. The van der Waals surface area contributed by atoms with Crippen LogP contribution in [0.2, 0.25) is 0 Å². The molecule has 0 heterocycles. The minimum Gasteiger partial charge on any atom is -0.356 e. The first kappa shape index (κ1) is 17.7. The summed E-state index contributed by atoms with van der Waals surface area (Å²) in [6, 6.07) is 8.55. The van der Waals surface area contributed by atoms with E-state index in [4.69, 9.17) is 0 Å². The van der Waals surface area contributed by atoms with E-state index in [1.165, 1.54) is 11.1 Å². The van der Waals surface area contributed by atoms with Gasteiger partial charge in [0, 0.05) is 13.0 Å². The topological polar surface area (TPSA) is 32.3 Å². The van der Waals surface area contributed by atoms with E-state index >= 15 is 0 Å². The minimum absolute atomic E-state index is 0.160. The van der Waals surface area contributed by atoms with Crippen molar-refractivity contribution in [2.75, 3.05) is 27.2 Å². The molecule has 0 aliphatic heterocycles. The van der Waals surface area contributed by atoms with Crippen molar-refractivity contribution in [3.8, 4) is 0 Å². The Hall–Kier alpha value is -1.35. The molecular weight excluding hydrogens is 260 g/mol. The van der Waals surface area contributed by atoms with Crippen molar-refractivity contribution >= 4 is 5.91 Å². The van der Waals surface area contributed by atoms with Crippen LogP contribution in [0.5, 0.6) is 0 Å². The van der Waals surface area contributed by atoms with Gasteiger partial charge in [-0.1, -0.05) is 43.7 Å². The molecule has 1 unspecified atom stereocenters. The predicted octanol–water partition coefficient (Wildman–Crippen LogP) is 3.19. The second-order valence-corrected chi connectivity index (χ2v) is 6.47. The molecule has 0 saturated heterocycles. The SMILES string of the molecule is Cc1ccc(C(CC(=O)NCCCN(C)C)C(C)C)cc1. The second-order valence-electron chi connectivity index (χ2n) is 6.47. The number of hydrogen-bond acceptors (Lipinski definition) is 2. The first-order valence-corrected chi connectivity index (χ1v) is 7.88. The van der Waals surface area contributed by atoms with Gasteiger partial charge < -0.3 is 10.2 Å². The zero-order valence-electron chi connectivity index (χ0n) is 14.1. The number of rotatable bonds is 8. The Morgan fingerprint density at radius 2 is 1.81 bits per heavy atom. The minimum atomic E-state index is 0.160. The molecule has 0 fully saturated rings. The summed E-state index contributed by atoms with van der Waals surface area (Å²) in [6.07, 6.45) is 1.57. The summed E-state index contributed by atoms with van der Waals surface area (Å²) < 4.78 is 0. The Labute approximate surface area is 129 Å². The van der Waals surface area contributed by atoms with Crippen LogP contribution in [0.4, 0.5) is 0 Å². The van der Waals surface area contributed by atoms with Crippen LogP contribution >= 0.6 is 0 Å². The third-order valence-electron chi connectivity index (χ3n) is 3.82. The summed E-state index contributed by atoms with van der Waals surface area (Å²) in [4.78, 5) is 14.3. The van der Waals surface area contributed by atoms with Crippen LogP contribution in [0.25, 0.3) is 0 Å². The lowest BCUT2D eigenvalue weighted by Crippen LogP contribution is -2.29. The molecule has 0 spiro atoms. The molecule has 0 radical (unpaired) electrons. The van der Waals surface area contributed by atoms with Crippen molar-refractivity contribution in [2.24, 2.45) is 5.92 Å². The highest BCUT2D eigenvalue weighted by molar-refractivity contribution is 5.76. The van der Waals surface area contributed by atoms with Gasteiger partial charge in [-0.25, -0.2) is 0 Å². The molecule has 3 heteroatoms. The molecule has 0 aliphatic rings. The molecule has 1 aromatic rings. The molecule has 0 saturated carbocycles. The molecule has 1 amide bonds. The zero-order chi connectivity index (χ0) is 15.8. The molecule has 0 aliphatic carbocycles. The Balaban J connectivity index is 2.51. The van der Waals surface area contributed by atoms with Gasteiger partial charge >= 0.3 is 0 Å². The maximum atomic E-state index is 12.1. The van der Waals surface area contributed by atoms with Gasteiger partial charge in [-0.3, -0.25) is 4.79 Å². The van der Waals surface area contributed by atoms with E-state index in [1.807, 2.05) is 14.1 Å². The average molecular weight is 290 g/mol. The summed E-state index contributed by atoms with van der Waals surface area (Å²) in [5.74, 6) is 0.910. The summed E-state index contributed by atoms with van der Waals surface area (Å²) in [5.41, 5.74) is 2.52. The van der Waals surface area contributed by atoms with Crippen molar-refractivity contribution < 1.29 is 4.79 Å². The Morgan fingerprint density at radius 3 is 2.33 bits per heavy atom. The van der Waals surface area contributed by atoms with Gasteiger partial charge in [0.15, 0.2) is 0 Å². The van der Waals surface area contributed by atoms with Crippen LogP contribution in [0.15, 0.2) is 24.3 Å². The summed E-state index contributed by atoms with van der Waals surface area (Å²) in [5, 5.41) is 3.04. The van der Waals surface area contributed by atoms with Crippen molar-refractivity contribution in [3.63, 3.8) is 0 Å². The van der Waals surface area contributed by atoms with E-state index in [1.54, 1.807) is 0 Å². The highest BCUT2D eigenvalue weighted by Gasteiger charge is 2.19. The smallest absolute Gasteiger partial charge is 0.220 e.